The van der Waals surface area contributed by atoms with Gasteiger partial charge in [0.1, 0.15) is 6.04 Å². The average Bonchev–Trinajstić information content (AvgIpc) is 2.88. The predicted octanol–water partition coefficient (Wildman–Crippen LogP) is 2.48. The zero-order chi connectivity index (χ0) is 11.9. The van der Waals surface area contributed by atoms with Crippen molar-refractivity contribution in [1.29, 1.82) is 0 Å². The minimum Gasteiger partial charge on any atom is -0.336 e. The normalized spacial score (nSPS) is 26.4. The van der Waals surface area contributed by atoms with E-state index in [1.54, 1.807) is 0 Å². The van der Waals surface area contributed by atoms with Gasteiger partial charge >= 0.3 is 0 Å². The summed E-state index contributed by atoms with van der Waals surface area (Å²) >= 11 is 3.51. The summed E-state index contributed by atoms with van der Waals surface area (Å²) in [6, 6.07) is 7.68. The van der Waals surface area contributed by atoms with E-state index in [9.17, 15) is 4.79 Å². The molecule has 0 unspecified atom stereocenters. The predicted molar refractivity (Wildman–Crippen MR) is 69.4 cm³/mol. The van der Waals surface area contributed by atoms with Gasteiger partial charge in [-0.15, -0.1) is 0 Å². The number of rotatable bonds is 1. The Balaban J connectivity index is 1.90. The standard InChI is InChI=1S/C13H15BrN2O/c14-10-6-2-1-5-9(10)11-12(17)16-13(15-11)7-3-4-8-13/h1-2,5-6,11,15H,3-4,7-8H2,(H,16,17)/t11-/m1/s1. The number of hydrogen-bond donors (Lipinski definition) is 2. The lowest BCUT2D eigenvalue weighted by atomic mass is 10.1. The number of nitrogens with one attached hydrogen (secondary N) is 2. The highest BCUT2D eigenvalue weighted by atomic mass is 79.9. The zero-order valence-corrected chi connectivity index (χ0v) is 11.1. The summed E-state index contributed by atoms with van der Waals surface area (Å²) in [4.78, 5) is 12.1. The molecule has 3 nitrogen and oxygen atoms in total. The van der Waals surface area contributed by atoms with Crippen LogP contribution >= 0.6 is 15.9 Å². The summed E-state index contributed by atoms with van der Waals surface area (Å²) in [7, 11) is 0. The van der Waals surface area contributed by atoms with Crippen molar-refractivity contribution >= 4 is 21.8 Å². The largest absolute Gasteiger partial charge is 0.336 e. The van der Waals surface area contributed by atoms with E-state index in [-0.39, 0.29) is 17.6 Å². The van der Waals surface area contributed by atoms with Crippen LogP contribution in [0.15, 0.2) is 28.7 Å². The molecule has 1 aromatic rings. The molecule has 2 N–H and O–H groups in total. The number of carbonyl (C=O) groups excluding carboxylic acids is 1. The molecule has 1 aromatic carbocycles. The van der Waals surface area contributed by atoms with Crippen LogP contribution in [0.25, 0.3) is 0 Å². The molecule has 1 aliphatic carbocycles. The third-order valence-corrected chi connectivity index (χ3v) is 4.44. The molecule has 0 radical (unpaired) electrons. The Bertz CT molecular complexity index is 454. The molecule has 1 heterocycles. The Hall–Kier alpha value is -0.870. The van der Waals surface area contributed by atoms with Crippen molar-refractivity contribution in [3.05, 3.63) is 34.3 Å². The van der Waals surface area contributed by atoms with Gasteiger partial charge in [-0.2, -0.15) is 0 Å². The summed E-state index contributed by atoms with van der Waals surface area (Å²) in [6.45, 7) is 0. The maximum atomic E-state index is 12.1. The monoisotopic (exact) mass is 294 g/mol. The van der Waals surface area contributed by atoms with Gasteiger partial charge in [-0.1, -0.05) is 34.1 Å². The van der Waals surface area contributed by atoms with Gasteiger partial charge in [0.05, 0.1) is 5.66 Å². The van der Waals surface area contributed by atoms with E-state index in [2.05, 4.69) is 26.6 Å². The number of benzene rings is 1. The molecule has 3 rings (SSSR count). The molecule has 1 spiro atoms. The van der Waals surface area contributed by atoms with Crippen molar-refractivity contribution in [2.45, 2.75) is 37.4 Å². The second-order valence-corrected chi connectivity index (χ2v) is 5.73. The fourth-order valence-corrected chi connectivity index (χ4v) is 3.38. The van der Waals surface area contributed by atoms with Crippen LogP contribution in [0, 0.1) is 0 Å². The molecule has 1 saturated heterocycles. The molecule has 0 aromatic heterocycles. The molecule has 0 bridgehead atoms. The Morgan fingerprint density at radius 1 is 1.24 bits per heavy atom. The van der Waals surface area contributed by atoms with Crippen molar-refractivity contribution in [2.75, 3.05) is 0 Å². The third kappa shape index (κ3) is 1.89. The fraction of sp³-hybridized carbons (Fsp3) is 0.462. The molecule has 1 aliphatic heterocycles. The fourth-order valence-electron chi connectivity index (χ4n) is 2.86. The minimum absolute atomic E-state index is 0.0961. The van der Waals surface area contributed by atoms with E-state index in [0.29, 0.717) is 0 Å². The Morgan fingerprint density at radius 2 is 1.94 bits per heavy atom. The number of halogens is 1. The Kier molecular flexibility index (Phi) is 2.71. The molecule has 1 saturated carbocycles. The van der Waals surface area contributed by atoms with Gasteiger partial charge < -0.3 is 5.32 Å². The quantitative estimate of drug-likeness (QED) is 0.835. The van der Waals surface area contributed by atoms with Gasteiger partial charge in [-0.3, -0.25) is 10.1 Å². The number of carbonyl (C=O) groups is 1. The second-order valence-electron chi connectivity index (χ2n) is 4.88. The van der Waals surface area contributed by atoms with Crippen LogP contribution in [0.2, 0.25) is 0 Å². The highest BCUT2D eigenvalue weighted by Gasteiger charge is 2.45. The van der Waals surface area contributed by atoms with Crippen LogP contribution in [0.4, 0.5) is 0 Å². The van der Waals surface area contributed by atoms with E-state index in [1.165, 1.54) is 12.8 Å². The van der Waals surface area contributed by atoms with E-state index >= 15 is 0 Å². The van der Waals surface area contributed by atoms with Gasteiger partial charge in [0.25, 0.3) is 0 Å². The van der Waals surface area contributed by atoms with Crippen molar-refractivity contribution in [3.63, 3.8) is 0 Å². The number of hydrogen-bond acceptors (Lipinski definition) is 2. The Labute approximate surface area is 109 Å². The zero-order valence-electron chi connectivity index (χ0n) is 9.50. The van der Waals surface area contributed by atoms with E-state index in [4.69, 9.17) is 0 Å². The van der Waals surface area contributed by atoms with E-state index in [1.807, 2.05) is 24.3 Å². The molecular formula is C13H15BrN2O. The highest BCUT2D eigenvalue weighted by Crippen LogP contribution is 2.36. The Morgan fingerprint density at radius 3 is 2.65 bits per heavy atom. The smallest absolute Gasteiger partial charge is 0.243 e. The third-order valence-electron chi connectivity index (χ3n) is 3.72. The summed E-state index contributed by atoms with van der Waals surface area (Å²) in [5.41, 5.74) is 0.880. The summed E-state index contributed by atoms with van der Waals surface area (Å²) in [5.74, 6) is 0.0961. The SMILES string of the molecule is O=C1NC2(CCCC2)N[C@@H]1c1ccccc1Br. The molecule has 90 valence electrons. The molecule has 2 fully saturated rings. The summed E-state index contributed by atoms with van der Waals surface area (Å²) in [6.07, 6.45) is 4.46. The molecule has 1 atom stereocenters. The van der Waals surface area contributed by atoms with Crippen molar-refractivity contribution < 1.29 is 4.79 Å². The lowest BCUT2D eigenvalue weighted by Gasteiger charge is -2.23. The first-order chi connectivity index (χ1) is 8.20. The van der Waals surface area contributed by atoms with Crippen LogP contribution in [-0.2, 0) is 4.79 Å². The maximum absolute atomic E-state index is 12.1. The van der Waals surface area contributed by atoms with Crippen LogP contribution in [0.5, 0.6) is 0 Å². The summed E-state index contributed by atoms with van der Waals surface area (Å²) < 4.78 is 0.989. The average molecular weight is 295 g/mol. The lowest BCUT2D eigenvalue weighted by Crippen LogP contribution is -2.46. The minimum atomic E-state index is -0.219. The van der Waals surface area contributed by atoms with E-state index in [0.717, 1.165) is 22.9 Å². The molecular weight excluding hydrogens is 280 g/mol. The molecule has 17 heavy (non-hydrogen) atoms. The second kappa shape index (κ2) is 4.10. The first-order valence-corrected chi connectivity index (χ1v) is 6.84. The van der Waals surface area contributed by atoms with Gasteiger partial charge in [-0.05, 0) is 37.3 Å². The topological polar surface area (TPSA) is 41.1 Å². The molecule has 2 aliphatic rings. The van der Waals surface area contributed by atoms with Crippen LogP contribution < -0.4 is 10.6 Å². The van der Waals surface area contributed by atoms with Gasteiger partial charge in [0.2, 0.25) is 5.91 Å². The van der Waals surface area contributed by atoms with E-state index < -0.39 is 0 Å². The van der Waals surface area contributed by atoms with Gasteiger partial charge in [0.15, 0.2) is 0 Å². The van der Waals surface area contributed by atoms with Crippen LogP contribution in [-0.4, -0.2) is 11.6 Å². The lowest BCUT2D eigenvalue weighted by molar-refractivity contribution is -0.121. The van der Waals surface area contributed by atoms with Gasteiger partial charge in [0, 0.05) is 4.47 Å². The highest BCUT2D eigenvalue weighted by molar-refractivity contribution is 9.10. The van der Waals surface area contributed by atoms with Crippen molar-refractivity contribution in [1.82, 2.24) is 10.6 Å². The first-order valence-electron chi connectivity index (χ1n) is 6.04. The van der Waals surface area contributed by atoms with Crippen LogP contribution in [0.3, 0.4) is 0 Å². The molecule has 1 amide bonds. The first kappa shape index (κ1) is 11.2. The van der Waals surface area contributed by atoms with Gasteiger partial charge in [-0.25, -0.2) is 0 Å². The van der Waals surface area contributed by atoms with Crippen molar-refractivity contribution in [2.24, 2.45) is 0 Å². The van der Waals surface area contributed by atoms with Crippen molar-refractivity contribution in [3.8, 4) is 0 Å². The van der Waals surface area contributed by atoms with Crippen LogP contribution in [0.1, 0.15) is 37.3 Å². The number of amides is 1. The maximum Gasteiger partial charge on any atom is 0.243 e. The summed E-state index contributed by atoms with van der Waals surface area (Å²) in [5, 5.41) is 6.62. The molecule has 4 heteroatoms.